The molecule has 1 N–H and O–H groups in total. The van der Waals surface area contributed by atoms with Crippen molar-refractivity contribution in [2.45, 2.75) is 24.1 Å². The van der Waals surface area contributed by atoms with Crippen LogP contribution in [0.15, 0.2) is 82.9 Å². The van der Waals surface area contributed by atoms with Crippen molar-refractivity contribution >= 4 is 40.1 Å². The van der Waals surface area contributed by atoms with Gasteiger partial charge < -0.3 is 19.5 Å². The molecule has 0 saturated heterocycles. The van der Waals surface area contributed by atoms with E-state index in [4.69, 9.17) is 19.3 Å². The topological polar surface area (TPSA) is 102 Å². The van der Waals surface area contributed by atoms with Gasteiger partial charge in [0.1, 0.15) is 11.0 Å². The van der Waals surface area contributed by atoms with Gasteiger partial charge in [-0.15, -0.1) is 0 Å². The number of rotatable bonds is 8. The van der Waals surface area contributed by atoms with E-state index in [9.17, 15) is 9.59 Å². The highest BCUT2D eigenvalue weighted by Gasteiger charge is 2.39. The third-order valence-electron chi connectivity index (χ3n) is 6.48. The Kier molecular flexibility index (Phi) is 7.83. The van der Waals surface area contributed by atoms with Crippen LogP contribution in [0.25, 0.3) is 0 Å². The smallest absolute Gasteiger partial charge is 0.262 e. The van der Waals surface area contributed by atoms with Gasteiger partial charge in [0.15, 0.2) is 16.7 Å². The molecule has 9 nitrogen and oxygen atoms in total. The number of ether oxygens (including phenoxy) is 3. The van der Waals surface area contributed by atoms with Crippen LogP contribution in [-0.4, -0.2) is 54.3 Å². The van der Waals surface area contributed by atoms with Gasteiger partial charge in [0.2, 0.25) is 5.91 Å². The lowest BCUT2D eigenvalue weighted by atomic mass is 9.98. The van der Waals surface area contributed by atoms with E-state index >= 15 is 0 Å². The maximum Gasteiger partial charge on any atom is 0.262 e. The summed E-state index contributed by atoms with van der Waals surface area (Å²) in [4.78, 5) is 30.0. The zero-order chi connectivity index (χ0) is 27.4. The molecule has 39 heavy (non-hydrogen) atoms. The first-order valence-corrected chi connectivity index (χ1v) is 13.2. The number of thioether (sulfide) groups is 1. The van der Waals surface area contributed by atoms with Crippen LogP contribution in [0.3, 0.4) is 0 Å². The molecule has 0 radical (unpaired) electrons. The van der Waals surface area contributed by atoms with E-state index in [1.165, 1.54) is 18.9 Å². The number of carbonyl (C=O) groups excluding carboxylic acids is 2. The Hall–Kier alpha value is -4.31. The zero-order valence-electron chi connectivity index (χ0n) is 21.8. The van der Waals surface area contributed by atoms with Crippen molar-refractivity contribution < 1.29 is 23.8 Å². The summed E-state index contributed by atoms with van der Waals surface area (Å²) >= 11 is 1.26. The van der Waals surface area contributed by atoms with Crippen LogP contribution in [0.2, 0.25) is 0 Å². The van der Waals surface area contributed by atoms with Gasteiger partial charge in [0.05, 0.1) is 33.1 Å². The largest absolute Gasteiger partial charge is 0.497 e. The fraction of sp³-hybridized carbons (Fsp3) is 0.241. The summed E-state index contributed by atoms with van der Waals surface area (Å²) in [5.41, 5.74) is 3.47. The molecule has 200 valence electrons. The lowest BCUT2D eigenvalue weighted by Gasteiger charge is -2.23. The predicted octanol–water partition coefficient (Wildman–Crippen LogP) is 4.89. The number of amides is 2. The summed E-state index contributed by atoms with van der Waals surface area (Å²) in [7, 11) is 4.70. The molecular formula is C29H28N4O5S. The van der Waals surface area contributed by atoms with E-state index in [1.807, 2.05) is 59.6 Å². The molecule has 2 heterocycles. The third-order valence-corrected chi connectivity index (χ3v) is 7.62. The molecule has 2 atom stereocenters. The van der Waals surface area contributed by atoms with E-state index in [0.29, 0.717) is 28.8 Å². The van der Waals surface area contributed by atoms with Crippen molar-refractivity contribution in [3.05, 3.63) is 83.9 Å². The normalized spacial score (nSPS) is 18.4. The highest BCUT2D eigenvalue weighted by molar-refractivity contribution is 8.15. The molecule has 3 aromatic carbocycles. The first kappa shape index (κ1) is 26.3. The summed E-state index contributed by atoms with van der Waals surface area (Å²) in [5, 5.41) is 9.37. The Labute approximate surface area is 230 Å². The van der Waals surface area contributed by atoms with Crippen LogP contribution in [-0.2, 0) is 9.59 Å². The van der Waals surface area contributed by atoms with Gasteiger partial charge >= 0.3 is 0 Å². The quantitative estimate of drug-likeness (QED) is 0.431. The van der Waals surface area contributed by atoms with Gasteiger partial charge in [-0.1, -0.05) is 42.1 Å². The molecule has 2 amide bonds. The van der Waals surface area contributed by atoms with Crippen molar-refractivity contribution in [1.29, 1.82) is 0 Å². The van der Waals surface area contributed by atoms with Crippen LogP contribution < -0.4 is 19.5 Å². The second-order valence-electron chi connectivity index (χ2n) is 8.91. The second-order valence-corrected chi connectivity index (χ2v) is 10.1. The highest BCUT2D eigenvalue weighted by Crippen LogP contribution is 2.39. The van der Waals surface area contributed by atoms with Gasteiger partial charge in [0, 0.05) is 24.6 Å². The number of carbonyl (C=O) groups is 2. The number of amidine groups is 1. The van der Waals surface area contributed by atoms with E-state index in [1.54, 1.807) is 32.4 Å². The minimum absolute atomic E-state index is 0.0241. The molecule has 10 heteroatoms. The van der Waals surface area contributed by atoms with Crippen LogP contribution in [0, 0.1) is 0 Å². The summed E-state index contributed by atoms with van der Waals surface area (Å²) in [5.74, 6) is 1.18. The van der Waals surface area contributed by atoms with Crippen LogP contribution in [0.5, 0.6) is 17.2 Å². The number of hydrazone groups is 1. The van der Waals surface area contributed by atoms with Crippen LogP contribution in [0.1, 0.15) is 30.0 Å². The minimum Gasteiger partial charge on any atom is -0.497 e. The highest BCUT2D eigenvalue weighted by atomic mass is 32.2. The number of aliphatic imine (C=N–C) groups is 1. The zero-order valence-corrected chi connectivity index (χ0v) is 22.6. The Morgan fingerprint density at radius 1 is 0.974 bits per heavy atom. The van der Waals surface area contributed by atoms with Gasteiger partial charge in [-0.25, -0.2) is 5.01 Å². The van der Waals surface area contributed by atoms with Crippen molar-refractivity contribution in [1.82, 2.24) is 5.01 Å². The van der Waals surface area contributed by atoms with Crippen molar-refractivity contribution in [3.8, 4) is 17.2 Å². The van der Waals surface area contributed by atoms with Crippen molar-refractivity contribution in [2.75, 3.05) is 26.6 Å². The molecule has 0 fully saturated rings. The molecule has 5 rings (SSSR count). The van der Waals surface area contributed by atoms with Gasteiger partial charge in [0.25, 0.3) is 5.91 Å². The Morgan fingerprint density at radius 2 is 1.72 bits per heavy atom. The van der Waals surface area contributed by atoms with Gasteiger partial charge in [-0.2, -0.15) is 10.1 Å². The summed E-state index contributed by atoms with van der Waals surface area (Å²) in [6, 6.07) is 22.7. The number of methoxy groups -OCH3 is 3. The molecule has 2 aliphatic rings. The predicted molar refractivity (Wildman–Crippen MR) is 152 cm³/mol. The summed E-state index contributed by atoms with van der Waals surface area (Å²) in [6.07, 6.45) is 0.623. The number of nitrogens with one attached hydrogen (secondary N) is 1. The molecule has 0 spiro atoms. The molecule has 3 aromatic rings. The number of anilines is 1. The standard InChI is InChI=1S/C29H28N4O5S/c1-36-21-12-9-18(10-13-21)22-16-23(19-7-5-4-6-8-19)33(32-22)29-31-28(35)26(39-29)17-27(34)30-20-11-14-24(37-2)25(15-20)38-3/h4-15,23,26H,16-17H2,1-3H3,(H,30,34)/t23-,26+/m0/s1. The average molecular weight is 545 g/mol. The molecular weight excluding hydrogens is 516 g/mol. The van der Waals surface area contributed by atoms with Crippen LogP contribution >= 0.6 is 11.8 Å². The second kappa shape index (κ2) is 11.6. The summed E-state index contributed by atoms with van der Waals surface area (Å²) in [6.45, 7) is 0. The van der Waals surface area contributed by atoms with E-state index in [0.717, 1.165) is 22.6 Å². The number of hydrogen-bond acceptors (Lipinski definition) is 8. The monoisotopic (exact) mass is 544 g/mol. The van der Waals surface area contributed by atoms with Gasteiger partial charge in [-0.05, 0) is 47.5 Å². The van der Waals surface area contributed by atoms with Gasteiger partial charge in [-0.3, -0.25) is 9.59 Å². The number of nitrogens with zero attached hydrogens (tertiary/aromatic N) is 3. The molecule has 0 saturated carbocycles. The SMILES string of the molecule is COc1ccc(C2=NN(C3=NC(=O)[C@@H](CC(=O)Nc4ccc(OC)c(OC)c4)S3)[C@H](c3ccccc3)C2)cc1. The molecule has 0 aliphatic carbocycles. The van der Waals surface area contributed by atoms with E-state index in [2.05, 4.69) is 10.3 Å². The van der Waals surface area contributed by atoms with Crippen molar-refractivity contribution in [2.24, 2.45) is 10.1 Å². The average Bonchev–Trinajstić information content (AvgIpc) is 3.57. The Morgan fingerprint density at radius 3 is 2.41 bits per heavy atom. The minimum atomic E-state index is -0.642. The lowest BCUT2D eigenvalue weighted by molar-refractivity contribution is -0.121. The maximum atomic E-state index is 12.9. The maximum absolute atomic E-state index is 12.9. The molecule has 0 aromatic heterocycles. The number of benzene rings is 3. The van der Waals surface area contributed by atoms with E-state index in [-0.39, 0.29) is 24.3 Å². The van der Waals surface area contributed by atoms with Crippen molar-refractivity contribution in [3.63, 3.8) is 0 Å². The first-order valence-electron chi connectivity index (χ1n) is 12.4. The first-order chi connectivity index (χ1) is 19.0. The lowest BCUT2D eigenvalue weighted by Crippen LogP contribution is -2.25. The van der Waals surface area contributed by atoms with E-state index < -0.39 is 5.25 Å². The Balaban J connectivity index is 1.31. The summed E-state index contributed by atoms with van der Waals surface area (Å²) < 4.78 is 15.8. The molecule has 0 bridgehead atoms. The molecule has 2 aliphatic heterocycles. The Bertz CT molecular complexity index is 1430. The third kappa shape index (κ3) is 5.75. The fourth-order valence-electron chi connectivity index (χ4n) is 4.48. The fourth-order valence-corrected chi connectivity index (χ4v) is 5.54. The molecule has 0 unspecified atom stereocenters. The number of hydrogen-bond donors (Lipinski definition) is 1. The van der Waals surface area contributed by atoms with Crippen LogP contribution in [0.4, 0.5) is 5.69 Å².